The van der Waals surface area contributed by atoms with Gasteiger partial charge in [-0.25, -0.2) is 4.98 Å². The first-order valence-electron chi connectivity index (χ1n) is 9.41. The molecule has 1 aliphatic carbocycles. The molecular weight excluding hydrogens is 364 g/mol. The molecule has 8 heteroatoms. The largest absolute Gasteiger partial charge is 0.337 e. The highest BCUT2D eigenvalue weighted by Crippen LogP contribution is 2.56. The highest BCUT2D eigenvalue weighted by Gasteiger charge is 2.58. The number of nitrogens with one attached hydrogen (secondary N) is 1. The average Bonchev–Trinajstić information content (AvgIpc) is 2.99. The molecule has 1 N–H and O–H groups in total. The molecule has 1 saturated carbocycles. The third-order valence-electron chi connectivity index (χ3n) is 6.34. The Labute approximate surface area is 166 Å². The minimum Gasteiger partial charge on any atom is -0.337 e. The zero-order valence-corrected chi connectivity index (χ0v) is 17.3. The van der Waals surface area contributed by atoms with Crippen LogP contribution in [0.5, 0.6) is 0 Å². The van der Waals surface area contributed by atoms with Gasteiger partial charge in [0.05, 0.1) is 17.8 Å². The number of amides is 1. The van der Waals surface area contributed by atoms with Crippen molar-refractivity contribution in [3.63, 3.8) is 0 Å². The van der Waals surface area contributed by atoms with Crippen LogP contribution in [0.15, 0.2) is 12.4 Å². The van der Waals surface area contributed by atoms with Crippen molar-refractivity contribution in [1.82, 2.24) is 29.5 Å². The SMILES string of the molecule is Cc1nn(C)c(C)c1C(=O)N(Cc1nccn1C)C1CC12CCNCC2.Cl. The standard InChI is InChI=1S/C19H28N6O.ClH/c1-13-17(14(2)24(4)22-13)18(26)25(12-16-21-9-10-23(16)3)15-11-19(15)5-7-20-8-6-19;/h9-10,15,20H,5-8,11-12H2,1-4H3;1H. The third kappa shape index (κ3) is 3.38. The average molecular weight is 393 g/mol. The van der Waals surface area contributed by atoms with Gasteiger partial charge >= 0.3 is 0 Å². The lowest BCUT2D eigenvalue weighted by molar-refractivity contribution is 0.0684. The molecule has 2 aliphatic rings. The first-order chi connectivity index (χ1) is 12.4. The van der Waals surface area contributed by atoms with E-state index < -0.39 is 0 Å². The summed E-state index contributed by atoms with van der Waals surface area (Å²) in [5.74, 6) is 1.02. The van der Waals surface area contributed by atoms with Gasteiger partial charge in [0.1, 0.15) is 5.82 Å². The topological polar surface area (TPSA) is 68.0 Å². The van der Waals surface area contributed by atoms with E-state index >= 15 is 0 Å². The van der Waals surface area contributed by atoms with Crippen molar-refractivity contribution in [3.05, 3.63) is 35.2 Å². The van der Waals surface area contributed by atoms with E-state index in [0.717, 1.165) is 55.1 Å². The fourth-order valence-electron chi connectivity index (χ4n) is 4.48. The highest BCUT2D eigenvalue weighted by atomic mass is 35.5. The Morgan fingerprint density at radius 2 is 2.04 bits per heavy atom. The van der Waals surface area contributed by atoms with E-state index in [9.17, 15) is 4.79 Å². The maximum absolute atomic E-state index is 13.6. The van der Waals surface area contributed by atoms with Crippen LogP contribution in [0.4, 0.5) is 0 Å². The van der Waals surface area contributed by atoms with E-state index in [1.807, 2.05) is 38.7 Å². The van der Waals surface area contributed by atoms with Gasteiger partial charge in [0.2, 0.25) is 0 Å². The van der Waals surface area contributed by atoms with Crippen LogP contribution in [0.2, 0.25) is 0 Å². The smallest absolute Gasteiger partial charge is 0.258 e. The Morgan fingerprint density at radius 1 is 1.33 bits per heavy atom. The van der Waals surface area contributed by atoms with Crippen LogP contribution in [0.25, 0.3) is 0 Å². The summed E-state index contributed by atoms with van der Waals surface area (Å²) in [5, 5.41) is 7.89. The zero-order valence-electron chi connectivity index (χ0n) is 16.5. The highest BCUT2D eigenvalue weighted by molar-refractivity contribution is 5.96. The van der Waals surface area contributed by atoms with E-state index in [1.54, 1.807) is 10.9 Å². The van der Waals surface area contributed by atoms with Gasteiger partial charge in [-0.1, -0.05) is 0 Å². The van der Waals surface area contributed by atoms with Crippen LogP contribution < -0.4 is 5.32 Å². The molecule has 1 atom stereocenters. The van der Waals surface area contributed by atoms with Gasteiger partial charge in [-0.15, -0.1) is 12.4 Å². The predicted octanol–water partition coefficient (Wildman–Crippen LogP) is 1.98. The van der Waals surface area contributed by atoms with Crippen molar-refractivity contribution >= 4 is 18.3 Å². The molecule has 1 amide bonds. The number of imidazole rings is 1. The van der Waals surface area contributed by atoms with Gasteiger partial charge in [0.15, 0.2) is 0 Å². The quantitative estimate of drug-likeness (QED) is 0.863. The number of halogens is 1. The second kappa shape index (κ2) is 7.28. The summed E-state index contributed by atoms with van der Waals surface area (Å²) in [6.45, 7) is 6.54. The third-order valence-corrected chi connectivity index (χ3v) is 6.34. The molecule has 0 aromatic carbocycles. The predicted molar refractivity (Wildman–Crippen MR) is 106 cm³/mol. The number of rotatable bonds is 4. The number of carbonyl (C=O) groups excluding carboxylic acids is 1. The zero-order chi connectivity index (χ0) is 18.5. The second-order valence-electron chi connectivity index (χ2n) is 7.89. The van der Waals surface area contributed by atoms with Gasteiger partial charge in [-0.3, -0.25) is 9.48 Å². The Morgan fingerprint density at radius 3 is 2.59 bits per heavy atom. The van der Waals surface area contributed by atoms with E-state index in [2.05, 4.69) is 20.3 Å². The molecule has 1 aliphatic heterocycles. The fourth-order valence-corrected chi connectivity index (χ4v) is 4.48. The molecule has 27 heavy (non-hydrogen) atoms. The molecule has 1 saturated heterocycles. The van der Waals surface area contributed by atoms with Crippen molar-refractivity contribution < 1.29 is 4.79 Å². The van der Waals surface area contributed by atoms with E-state index in [0.29, 0.717) is 12.6 Å². The summed E-state index contributed by atoms with van der Waals surface area (Å²) in [7, 11) is 3.88. The molecule has 0 radical (unpaired) electrons. The van der Waals surface area contributed by atoms with Crippen molar-refractivity contribution in [3.8, 4) is 0 Å². The minimum atomic E-state index is 0. The molecule has 0 bridgehead atoms. The molecule has 1 spiro atoms. The summed E-state index contributed by atoms with van der Waals surface area (Å²) in [6, 6.07) is 0.299. The number of hydrogen-bond acceptors (Lipinski definition) is 4. The molecule has 3 heterocycles. The van der Waals surface area contributed by atoms with Crippen molar-refractivity contribution in [2.24, 2.45) is 19.5 Å². The lowest BCUT2D eigenvalue weighted by atomic mass is 9.93. The maximum atomic E-state index is 13.6. The van der Waals surface area contributed by atoms with Gasteiger partial charge in [-0.05, 0) is 51.6 Å². The summed E-state index contributed by atoms with van der Waals surface area (Å²) >= 11 is 0. The summed E-state index contributed by atoms with van der Waals surface area (Å²) in [6.07, 6.45) is 7.13. The van der Waals surface area contributed by atoms with E-state index in [1.165, 1.54) is 0 Å². The fraction of sp³-hybridized carbons (Fsp3) is 0.632. The summed E-state index contributed by atoms with van der Waals surface area (Å²) in [5.41, 5.74) is 2.77. The van der Waals surface area contributed by atoms with E-state index in [-0.39, 0.29) is 23.7 Å². The number of nitrogens with zero attached hydrogens (tertiary/aromatic N) is 5. The molecular formula is C19H29ClN6O. The van der Waals surface area contributed by atoms with Crippen molar-refractivity contribution in [2.75, 3.05) is 13.1 Å². The molecule has 2 aromatic heterocycles. The first-order valence-corrected chi connectivity index (χ1v) is 9.41. The molecule has 4 rings (SSSR count). The van der Waals surface area contributed by atoms with Crippen molar-refractivity contribution in [1.29, 1.82) is 0 Å². The van der Waals surface area contributed by atoms with Crippen molar-refractivity contribution in [2.45, 2.75) is 45.7 Å². The van der Waals surface area contributed by atoms with Crippen LogP contribution in [0, 0.1) is 19.3 Å². The molecule has 148 valence electrons. The van der Waals surface area contributed by atoms with Gasteiger partial charge < -0.3 is 14.8 Å². The molecule has 1 unspecified atom stereocenters. The Bertz CT molecular complexity index is 835. The van der Waals surface area contributed by atoms with Crippen LogP contribution in [-0.4, -0.2) is 49.3 Å². The molecule has 2 fully saturated rings. The summed E-state index contributed by atoms with van der Waals surface area (Å²) < 4.78 is 3.80. The Balaban J connectivity index is 0.00000210. The van der Waals surface area contributed by atoms with Crippen LogP contribution in [-0.2, 0) is 20.6 Å². The van der Waals surface area contributed by atoms with Gasteiger partial charge in [-0.2, -0.15) is 5.10 Å². The monoisotopic (exact) mass is 392 g/mol. The maximum Gasteiger partial charge on any atom is 0.258 e. The van der Waals surface area contributed by atoms with Crippen LogP contribution in [0.1, 0.15) is 46.8 Å². The minimum absolute atomic E-state index is 0. The van der Waals surface area contributed by atoms with Crippen LogP contribution in [0.3, 0.4) is 0 Å². The first kappa shape index (κ1) is 19.9. The number of carbonyl (C=O) groups is 1. The normalized spacial score (nSPS) is 20.4. The Kier molecular flexibility index (Phi) is 5.36. The second-order valence-corrected chi connectivity index (χ2v) is 7.89. The molecule has 2 aromatic rings. The number of piperidine rings is 1. The lowest BCUT2D eigenvalue weighted by Crippen LogP contribution is -2.40. The van der Waals surface area contributed by atoms with Gasteiger partial charge in [0.25, 0.3) is 5.91 Å². The summed E-state index contributed by atoms with van der Waals surface area (Å²) in [4.78, 5) is 20.1. The number of aromatic nitrogens is 4. The molecule has 7 nitrogen and oxygen atoms in total. The number of aryl methyl sites for hydroxylation is 3. The van der Waals surface area contributed by atoms with Gasteiger partial charge in [0, 0.05) is 38.2 Å². The van der Waals surface area contributed by atoms with Crippen LogP contribution >= 0.6 is 12.4 Å². The lowest BCUT2D eigenvalue weighted by Gasteiger charge is -2.29. The van der Waals surface area contributed by atoms with E-state index in [4.69, 9.17) is 0 Å². The Hall–Kier alpha value is -1.86. The number of hydrogen-bond donors (Lipinski definition) is 1.